The number of sulfonamides is 1. The summed E-state index contributed by atoms with van der Waals surface area (Å²) in [4.78, 5) is 22.3. The molecule has 2 saturated heterocycles. The van der Waals surface area contributed by atoms with E-state index in [4.69, 9.17) is 4.42 Å². The van der Waals surface area contributed by atoms with Crippen LogP contribution < -0.4 is 0 Å². The number of nitrogens with zero attached hydrogens (tertiary/aromatic N) is 4. The zero-order valence-electron chi connectivity index (χ0n) is 18.1. The van der Waals surface area contributed by atoms with Gasteiger partial charge in [-0.2, -0.15) is 8.42 Å². The van der Waals surface area contributed by atoms with Gasteiger partial charge in [0.25, 0.3) is 10.0 Å². The highest BCUT2D eigenvalue weighted by Crippen LogP contribution is 2.33. The summed E-state index contributed by atoms with van der Waals surface area (Å²) in [6, 6.07) is 14.1. The Morgan fingerprint density at radius 2 is 1.79 bits per heavy atom. The molecule has 6 rings (SSSR count). The lowest BCUT2D eigenvalue weighted by Crippen LogP contribution is -2.50. The van der Waals surface area contributed by atoms with E-state index in [1.165, 1.54) is 0 Å². The van der Waals surface area contributed by atoms with E-state index in [-0.39, 0.29) is 16.7 Å². The van der Waals surface area contributed by atoms with Crippen molar-refractivity contribution in [2.45, 2.75) is 42.5 Å². The predicted octanol–water partition coefficient (Wildman–Crippen LogP) is 3.15. The number of piperidine rings is 1. The number of rotatable bonds is 2. The molecule has 8 nitrogen and oxygen atoms in total. The van der Waals surface area contributed by atoms with Crippen LogP contribution in [0.5, 0.6) is 0 Å². The second-order valence-corrected chi connectivity index (χ2v) is 10.5. The smallest absolute Gasteiger partial charge is 0.285 e. The van der Waals surface area contributed by atoms with Crippen LogP contribution in [0.15, 0.2) is 62.2 Å². The highest BCUT2D eigenvalue weighted by atomic mass is 32.2. The highest BCUT2D eigenvalue weighted by molar-refractivity contribution is 7.90. The number of amides is 1. The molecule has 0 radical (unpaired) electrons. The van der Waals surface area contributed by atoms with Crippen LogP contribution in [0, 0.1) is 0 Å². The first-order valence-corrected chi connectivity index (χ1v) is 12.8. The molecule has 2 fully saturated rings. The van der Waals surface area contributed by atoms with Gasteiger partial charge in [-0.3, -0.25) is 4.79 Å². The minimum atomic E-state index is -3.72. The summed E-state index contributed by atoms with van der Waals surface area (Å²) in [5.74, 6) is 1.15. The van der Waals surface area contributed by atoms with Crippen LogP contribution in [-0.4, -0.2) is 60.6 Å². The minimum Gasteiger partial charge on any atom is -0.440 e. The fourth-order valence-corrected chi connectivity index (χ4v) is 6.44. The average Bonchev–Trinajstić information content (AvgIpc) is 3.55. The molecule has 0 saturated carbocycles. The molecule has 0 N–H and O–H groups in total. The van der Waals surface area contributed by atoms with Gasteiger partial charge in [0.15, 0.2) is 17.3 Å². The maximum atomic E-state index is 13.6. The summed E-state index contributed by atoms with van der Waals surface area (Å²) < 4.78 is 35.1. The normalized spacial score (nSPS) is 24.2. The number of oxazole rings is 1. The Kier molecular flexibility index (Phi) is 4.76. The first-order valence-electron chi connectivity index (χ1n) is 11.4. The zero-order chi connectivity index (χ0) is 22.6. The Hall–Kier alpha value is -3.20. The topological polar surface area (TPSA) is 96.1 Å². The third-order valence-corrected chi connectivity index (χ3v) is 8.14. The summed E-state index contributed by atoms with van der Waals surface area (Å²) in [6.07, 6.45) is 3.30. The van der Waals surface area contributed by atoms with E-state index in [1.807, 2.05) is 34.1 Å². The van der Waals surface area contributed by atoms with Crippen LogP contribution in [0.4, 0.5) is 0 Å². The Labute approximate surface area is 192 Å². The highest BCUT2D eigenvalue weighted by Gasteiger charge is 2.41. The van der Waals surface area contributed by atoms with Gasteiger partial charge >= 0.3 is 0 Å². The largest absolute Gasteiger partial charge is 0.440 e. The number of amidine groups is 1. The first-order chi connectivity index (χ1) is 16.0. The summed E-state index contributed by atoms with van der Waals surface area (Å²) in [7, 11) is -3.72. The summed E-state index contributed by atoms with van der Waals surface area (Å²) in [5, 5.41) is 0. The van der Waals surface area contributed by atoms with Crippen molar-refractivity contribution in [1.82, 2.24) is 14.8 Å². The minimum absolute atomic E-state index is 0.0257. The van der Waals surface area contributed by atoms with Gasteiger partial charge in [0.05, 0.1) is 5.92 Å². The van der Waals surface area contributed by atoms with Crippen molar-refractivity contribution in [3.63, 3.8) is 0 Å². The predicted molar refractivity (Wildman–Crippen MR) is 122 cm³/mol. The van der Waals surface area contributed by atoms with Gasteiger partial charge in [0, 0.05) is 25.2 Å². The lowest BCUT2D eigenvalue weighted by Gasteiger charge is -2.35. The number of benzene rings is 2. The van der Waals surface area contributed by atoms with E-state index in [2.05, 4.69) is 9.38 Å². The third kappa shape index (κ3) is 3.42. The lowest BCUT2D eigenvalue weighted by atomic mass is 9.97. The van der Waals surface area contributed by atoms with E-state index in [1.54, 1.807) is 24.3 Å². The van der Waals surface area contributed by atoms with Gasteiger partial charge < -0.3 is 14.2 Å². The summed E-state index contributed by atoms with van der Waals surface area (Å²) in [6.45, 7) is 1.85. The van der Waals surface area contributed by atoms with E-state index in [0.717, 1.165) is 30.4 Å². The van der Waals surface area contributed by atoms with Gasteiger partial charge in [-0.25, -0.2) is 4.98 Å². The van der Waals surface area contributed by atoms with Crippen molar-refractivity contribution in [1.29, 1.82) is 0 Å². The van der Waals surface area contributed by atoms with E-state index in [9.17, 15) is 13.2 Å². The molecule has 3 aliphatic rings. The van der Waals surface area contributed by atoms with Crippen LogP contribution in [0.25, 0.3) is 11.1 Å². The molecule has 1 amide bonds. The van der Waals surface area contributed by atoms with Crippen LogP contribution >= 0.6 is 0 Å². The van der Waals surface area contributed by atoms with Crippen LogP contribution in [0.3, 0.4) is 0 Å². The summed E-state index contributed by atoms with van der Waals surface area (Å²) in [5.41, 5.74) is 2.18. The Bertz CT molecular complexity index is 1350. The van der Waals surface area contributed by atoms with Gasteiger partial charge in [0.2, 0.25) is 5.91 Å². The molecule has 3 aliphatic heterocycles. The van der Waals surface area contributed by atoms with Gasteiger partial charge in [0.1, 0.15) is 16.5 Å². The molecule has 2 atom stereocenters. The number of carbonyl (C=O) groups is 1. The van der Waals surface area contributed by atoms with Gasteiger partial charge in [-0.05, 0) is 49.9 Å². The van der Waals surface area contributed by atoms with Crippen molar-refractivity contribution < 1.29 is 17.6 Å². The Morgan fingerprint density at radius 3 is 2.67 bits per heavy atom. The van der Waals surface area contributed by atoms with E-state index in [0.29, 0.717) is 43.3 Å². The average molecular weight is 465 g/mol. The number of aromatic nitrogens is 1. The van der Waals surface area contributed by atoms with Crippen LogP contribution in [0.2, 0.25) is 0 Å². The molecule has 3 aromatic rings. The van der Waals surface area contributed by atoms with Crippen LogP contribution in [-0.2, 0) is 14.8 Å². The van der Waals surface area contributed by atoms with Crippen molar-refractivity contribution in [3.8, 4) is 0 Å². The fraction of sp³-hybridized carbons (Fsp3) is 0.375. The molecule has 4 heterocycles. The third-order valence-electron chi connectivity index (χ3n) is 6.82. The van der Waals surface area contributed by atoms with Crippen molar-refractivity contribution in [2.24, 2.45) is 4.40 Å². The van der Waals surface area contributed by atoms with Gasteiger partial charge in [-0.15, -0.1) is 4.40 Å². The van der Waals surface area contributed by atoms with Crippen molar-refractivity contribution in [3.05, 3.63) is 60.0 Å². The molecule has 1 unspecified atom stereocenters. The zero-order valence-corrected chi connectivity index (χ0v) is 18.9. The number of carbonyl (C=O) groups excluding carboxylic acids is 1. The molecule has 0 bridgehead atoms. The molecular weight excluding hydrogens is 440 g/mol. The number of para-hydroxylation sites is 2. The monoisotopic (exact) mass is 464 g/mol. The summed E-state index contributed by atoms with van der Waals surface area (Å²) >= 11 is 0. The number of hydrogen-bond donors (Lipinski definition) is 0. The molecule has 1 aromatic heterocycles. The lowest BCUT2D eigenvalue weighted by molar-refractivity contribution is -0.136. The van der Waals surface area contributed by atoms with Crippen molar-refractivity contribution >= 4 is 32.9 Å². The maximum Gasteiger partial charge on any atom is 0.285 e. The molecule has 2 aromatic carbocycles. The SMILES string of the molecule is O=C([C@@H]1CCCN1C1=NS(=O)(=O)c2ccccc21)N1CCCC(c2nc3ccccc3o2)C1. The molecule has 33 heavy (non-hydrogen) atoms. The second-order valence-electron chi connectivity index (χ2n) is 8.88. The molecule has 170 valence electrons. The number of likely N-dealkylation sites (tertiary alicyclic amines) is 2. The first kappa shape index (κ1) is 20.4. The fourth-order valence-electron chi connectivity index (χ4n) is 5.23. The van der Waals surface area contributed by atoms with Gasteiger partial charge in [-0.1, -0.05) is 24.3 Å². The molecule has 0 aliphatic carbocycles. The van der Waals surface area contributed by atoms with Crippen molar-refractivity contribution in [2.75, 3.05) is 19.6 Å². The second kappa shape index (κ2) is 7.69. The standard InChI is InChI=1S/C24H24N4O4S/c29-24(27-13-5-7-16(15-27)23-25-18-9-2-3-11-20(18)32-23)19-10-6-14-28(19)22-17-8-1-4-12-21(17)33(30,31)26-22/h1-4,8-9,11-12,16,19H,5-7,10,13-15H2/t16?,19-/m0/s1. The number of fused-ring (bicyclic) bond motifs is 2. The molecular formula is C24H24N4O4S. The quantitative estimate of drug-likeness (QED) is 0.578. The molecule has 0 spiro atoms. The van der Waals surface area contributed by atoms with E-state index < -0.39 is 16.1 Å². The Morgan fingerprint density at radius 1 is 1.00 bits per heavy atom. The maximum absolute atomic E-state index is 13.6. The Balaban J connectivity index is 1.25. The number of hydrogen-bond acceptors (Lipinski definition) is 6. The van der Waals surface area contributed by atoms with E-state index >= 15 is 0 Å². The molecule has 9 heteroatoms. The van der Waals surface area contributed by atoms with Crippen LogP contribution in [0.1, 0.15) is 43.1 Å².